The van der Waals surface area contributed by atoms with E-state index in [1.54, 1.807) is 6.08 Å². The predicted molar refractivity (Wildman–Crippen MR) is 296 cm³/mol. The summed E-state index contributed by atoms with van der Waals surface area (Å²) in [5.41, 5.74) is 0. The van der Waals surface area contributed by atoms with Crippen molar-refractivity contribution in [3.63, 3.8) is 0 Å². The Bertz CT molecular complexity index is 1100. The normalized spacial score (nSPS) is 12.8. The molecule has 0 heterocycles. The summed E-state index contributed by atoms with van der Waals surface area (Å²) < 4.78 is 5.48. The average Bonchev–Trinajstić information content (AvgIpc) is 3.34. The fourth-order valence-corrected chi connectivity index (χ4v) is 9.27. The average molecular weight is 957 g/mol. The smallest absolute Gasteiger partial charge is 0.305 e. The second kappa shape index (κ2) is 57.7. The Kier molecular flexibility index (Phi) is 56.0. The van der Waals surface area contributed by atoms with Crippen molar-refractivity contribution < 1.29 is 24.5 Å². The molecule has 2 unspecified atom stereocenters. The summed E-state index contributed by atoms with van der Waals surface area (Å²) in [6.45, 7) is 4.86. The number of aliphatic hydroxyl groups is 2. The number of esters is 1. The molecular weight excluding hydrogens is 839 g/mol. The maximum absolute atomic E-state index is 12.4. The van der Waals surface area contributed by atoms with E-state index in [4.69, 9.17) is 4.74 Å². The molecule has 0 aliphatic heterocycles. The molecule has 0 radical (unpaired) electrons. The molecule has 0 rings (SSSR count). The summed E-state index contributed by atoms with van der Waals surface area (Å²) in [5, 5.41) is 23.1. The van der Waals surface area contributed by atoms with Gasteiger partial charge in [-0.2, -0.15) is 0 Å². The molecule has 0 saturated heterocycles. The first-order valence-electron chi connectivity index (χ1n) is 30.3. The Morgan fingerprint density at radius 1 is 0.412 bits per heavy atom. The van der Waals surface area contributed by atoms with Crippen LogP contribution >= 0.6 is 0 Å². The van der Waals surface area contributed by atoms with Crippen LogP contribution < -0.4 is 5.32 Å². The van der Waals surface area contributed by atoms with Gasteiger partial charge in [0.15, 0.2) is 0 Å². The first kappa shape index (κ1) is 66.1. The van der Waals surface area contributed by atoms with Crippen molar-refractivity contribution in [1.82, 2.24) is 5.32 Å². The topological polar surface area (TPSA) is 95.9 Å². The number of allylic oxidation sites excluding steroid dienone is 5. The zero-order valence-corrected chi connectivity index (χ0v) is 45.6. The minimum atomic E-state index is -0.880. The van der Waals surface area contributed by atoms with Gasteiger partial charge in [-0.25, -0.2) is 0 Å². The van der Waals surface area contributed by atoms with E-state index in [-0.39, 0.29) is 18.5 Å². The van der Waals surface area contributed by atoms with E-state index in [2.05, 4.69) is 37.4 Å². The van der Waals surface area contributed by atoms with Crippen LogP contribution in [0.4, 0.5) is 0 Å². The summed E-state index contributed by atoms with van der Waals surface area (Å²) in [5.74, 6) is -0.160. The number of carbonyl (C=O) groups is 2. The molecule has 2 atom stereocenters. The Labute approximate surface area is 424 Å². The summed E-state index contributed by atoms with van der Waals surface area (Å²) in [6, 6.07) is -0.673. The van der Waals surface area contributed by atoms with E-state index in [0.29, 0.717) is 25.9 Å². The maximum atomic E-state index is 12.4. The third-order valence-corrected chi connectivity index (χ3v) is 13.9. The van der Waals surface area contributed by atoms with Crippen molar-refractivity contribution in [2.24, 2.45) is 0 Å². The molecule has 6 heteroatoms. The van der Waals surface area contributed by atoms with Gasteiger partial charge in [0, 0.05) is 12.8 Å². The second-order valence-corrected chi connectivity index (χ2v) is 20.7. The first-order chi connectivity index (χ1) is 33.5. The molecule has 0 saturated carbocycles. The van der Waals surface area contributed by atoms with Crippen molar-refractivity contribution in [1.29, 1.82) is 0 Å². The third kappa shape index (κ3) is 53.4. The van der Waals surface area contributed by atoms with E-state index in [1.165, 1.54) is 238 Å². The van der Waals surface area contributed by atoms with Gasteiger partial charge >= 0.3 is 5.97 Å². The molecular formula is C62H117NO5. The molecule has 0 aliphatic carbocycles. The number of hydrogen-bond acceptors (Lipinski definition) is 5. The van der Waals surface area contributed by atoms with Gasteiger partial charge < -0.3 is 20.3 Å². The standard InChI is InChI=1S/C62H117NO5/c1-3-5-7-9-11-13-15-17-19-21-23-24-25-27-30-34-38-42-46-50-54-60(65)59(58-64)63-61(66)55-51-47-43-39-35-31-29-33-37-41-45-49-53-57-68-62(67)56-52-48-44-40-36-32-28-26-22-20-18-16-14-12-10-8-6-4-2/h31,35,43,47,50,54,59-60,64-65H,3-30,32-34,36-42,44-46,48-49,51-53,55-58H2,1-2H3,(H,63,66)/b35-31-,47-43-,54-50+. The Morgan fingerprint density at radius 3 is 1.15 bits per heavy atom. The molecule has 0 aromatic rings. The third-order valence-electron chi connectivity index (χ3n) is 13.9. The summed E-state index contributed by atoms with van der Waals surface area (Å²) in [7, 11) is 0. The van der Waals surface area contributed by atoms with Crippen LogP contribution in [0, 0.1) is 0 Å². The monoisotopic (exact) mass is 956 g/mol. The van der Waals surface area contributed by atoms with Crippen molar-refractivity contribution in [2.45, 2.75) is 334 Å². The van der Waals surface area contributed by atoms with Gasteiger partial charge in [-0.05, 0) is 51.4 Å². The quantitative estimate of drug-likeness (QED) is 0.0321. The molecule has 68 heavy (non-hydrogen) atoms. The lowest BCUT2D eigenvalue weighted by molar-refractivity contribution is -0.143. The highest BCUT2D eigenvalue weighted by atomic mass is 16.5. The fourth-order valence-electron chi connectivity index (χ4n) is 9.27. The van der Waals surface area contributed by atoms with E-state index in [9.17, 15) is 19.8 Å². The van der Waals surface area contributed by atoms with Crippen molar-refractivity contribution in [2.75, 3.05) is 13.2 Å². The summed E-state index contributed by atoms with van der Waals surface area (Å²) >= 11 is 0. The Hall–Kier alpha value is -1.92. The fraction of sp³-hybridized carbons (Fsp3) is 0.871. The molecule has 0 bridgehead atoms. The van der Waals surface area contributed by atoms with Gasteiger partial charge in [0.1, 0.15) is 0 Å². The summed E-state index contributed by atoms with van der Waals surface area (Å²) in [6.07, 6.45) is 71.9. The van der Waals surface area contributed by atoms with Crippen molar-refractivity contribution >= 4 is 11.9 Å². The minimum absolute atomic E-state index is 0.0138. The molecule has 0 aromatic heterocycles. The van der Waals surface area contributed by atoms with Gasteiger partial charge in [0.25, 0.3) is 0 Å². The van der Waals surface area contributed by atoms with Crippen LogP contribution in [0.25, 0.3) is 0 Å². The highest BCUT2D eigenvalue weighted by molar-refractivity contribution is 5.76. The van der Waals surface area contributed by atoms with Crippen LogP contribution in [-0.2, 0) is 14.3 Å². The molecule has 0 fully saturated rings. The van der Waals surface area contributed by atoms with Crippen LogP contribution in [-0.4, -0.2) is 47.4 Å². The SMILES string of the molecule is CCCCCCCCCCCCCCCCCCCC/C=C/C(O)C(CO)NC(=O)CC/C=C\C/C=C\CCCCCCCCOC(=O)CCCCCCCCCCCCCCCCCCCC. The minimum Gasteiger partial charge on any atom is -0.466 e. The maximum Gasteiger partial charge on any atom is 0.305 e. The number of ether oxygens (including phenoxy) is 1. The lowest BCUT2D eigenvalue weighted by Gasteiger charge is -2.19. The van der Waals surface area contributed by atoms with Gasteiger partial charge in [0.05, 0.1) is 25.4 Å². The second-order valence-electron chi connectivity index (χ2n) is 20.7. The van der Waals surface area contributed by atoms with Crippen molar-refractivity contribution in [3.8, 4) is 0 Å². The highest BCUT2D eigenvalue weighted by Crippen LogP contribution is 2.17. The van der Waals surface area contributed by atoms with Crippen LogP contribution in [0.15, 0.2) is 36.5 Å². The van der Waals surface area contributed by atoms with E-state index >= 15 is 0 Å². The van der Waals surface area contributed by atoms with Gasteiger partial charge in [-0.3, -0.25) is 9.59 Å². The van der Waals surface area contributed by atoms with Gasteiger partial charge in [-0.1, -0.05) is 294 Å². The van der Waals surface area contributed by atoms with Crippen LogP contribution in [0.1, 0.15) is 322 Å². The van der Waals surface area contributed by atoms with Gasteiger partial charge in [-0.15, -0.1) is 0 Å². The van der Waals surface area contributed by atoms with Crippen LogP contribution in [0.3, 0.4) is 0 Å². The number of unbranched alkanes of at least 4 members (excludes halogenated alkanes) is 41. The number of carbonyl (C=O) groups excluding carboxylic acids is 2. The van der Waals surface area contributed by atoms with Crippen LogP contribution in [0.2, 0.25) is 0 Å². The number of hydrogen-bond donors (Lipinski definition) is 3. The molecule has 0 spiro atoms. The van der Waals surface area contributed by atoms with Crippen LogP contribution in [0.5, 0.6) is 0 Å². The summed E-state index contributed by atoms with van der Waals surface area (Å²) in [4.78, 5) is 24.5. The predicted octanol–water partition coefficient (Wildman–Crippen LogP) is 18.8. The van der Waals surface area contributed by atoms with E-state index < -0.39 is 12.1 Å². The van der Waals surface area contributed by atoms with Crippen molar-refractivity contribution in [3.05, 3.63) is 36.5 Å². The number of nitrogens with one attached hydrogen (secondary N) is 1. The zero-order valence-electron chi connectivity index (χ0n) is 45.6. The lowest BCUT2D eigenvalue weighted by atomic mass is 10.0. The Morgan fingerprint density at radius 2 is 0.750 bits per heavy atom. The zero-order chi connectivity index (χ0) is 49.3. The molecule has 0 aliphatic rings. The molecule has 1 amide bonds. The molecule has 3 N–H and O–H groups in total. The lowest BCUT2D eigenvalue weighted by Crippen LogP contribution is -2.45. The Balaban J connectivity index is 3.54. The number of rotatable bonds is 56. The number of aliphatic hydroxyl groups excluding tert-OH is 2. The molecule has 400 valence electrons. The van der Waals surface area contributed by atoms with Gasteiger partial charge in [0.2, 0.25) is 5.91 Å². The highest BCUT2D eigenvalue weighted by Gasteiger charge is 2.17. The molecule has 6 nitrogen and oxygen atoms in total. The molecule has 0 aromatic carbocycles. The van der Waals surface area contributed by atoms with E-state index in [0.717, 1.165) is 51.4 Å². The first-order valence-corrected chi connectivity index (χ1v) is 30.3. The number of amides is 1. The largest absolute Gasteiger partial charge is 0.466 e. The van der Waals surface area contributed by atoms with E-state index in [1.807, 2.05) is 12.2 Å².